The lowest BCUT2D eigenvalue weighted by molar-refractivity contribution is -0.136. The van der Waals surface area contributed by atoms with E-state index < -0.39 is 11.9 Å². The van der Waals surface area contributed by atoms with Gasteiger partial charge >= 0.3 is 5.97 Å². The molecule has 0 unspecified atom stereocenters. The van der Waals surface area contributed by atoms with Gasteiger partial charge in [-0.05, 0) is 49.7 Å². The smallest absolute Gasteiger partial charge is 0.338 e. The molecule has 29 heavy (non-hydrogen) atoms. The Morgan fingerprint density at radius 2 is 2.07 bits per heavy atom. The highest BCUT2D eigenvalue weighted by Gasteiger charge is 2.38. The largest absolute Gasteiger partial charge is 0.486 e. The van der Waals surface area contributed by atoms with E-state index in [0.717, 1.165) is 5.56 Å². The van der Waals surface area contributed by atoms with Gasteiger partial charge in [0.1, 0.15) is 41.3 Å². The fourth-order valence-electron chi connectivity index (χ4n) is 3.03. The molecule has 0 amide bonds. The summed E-state index contributed by atoms with van der Waals surface area (Å²) < 4.78 is 21.8. The number of nitriles is 1. The fraction of sp³-hybridized carbons (Fsp3) is 0.238. The first kappa shape index (κ1) is 20.4. The maximum absolute atomic E-state index is 12.3. The number of nitrogens with two attached hydrogens (primary N) is 1. The van der Waals surface area contributed by atoms with Gasteiger partial charge in [-0.1, -0.05) is 11.6 Å². The third-order valence-corrected chi connectivity index (χ3v) is 4.91. The highest BCUT2D eigenvalue weighted by Crippen LogP contribution is 2.40. The van der Waals surface area contributed by atoms with E-state index in [0.29, 0.717) is 22.3 Å². The number of allylic oxidation sites excluding steroid dienone is 2. The van der Waals surface area contributed by atoms with E-state index in [-0.39, 0.29) is 29.4 Å². The van der Waals surface area contributed by atoms with E-state index >= 15 is 0 Å². The molecule has 8 heteroatoms. The standard InChI is InChI=1S/C21H19ClN2O5/c1-11-8-13(4-6-16(11)22)27-10-14-5-7-17(29-14)19-15(9-23)20(24)28-12(2)18(19)21(25)26-3/h4-8,19H,10,24H2,1-3H3/t19-/m1/s1. The van der Waals surface area contributed by atoms with Crippen LogP contribution in [0.3, 0.4) is 0 Å². The second-order valence-electron chi connectivity index (χ2n) is 6.39. The van der Waals surface area contributed by atoms with Gasteiger partial charge in [-0.2, -0.15) is 5.26 Å². The minimum absolute atomic E-state index is 0.0751. The molecule has 0 saturated carbocycles. The average molecular weight is 415 g/mol. The van der Waals surface area contributed by atoms with Crippen molar-refractivity contribution in [2.75, 3.05) is 7.11 Å². The van der Waals surface area contributed by atoms with Gasteiger partial charge in [-0.25, -0.2) is 4.79 Å². The van der Waals surface area contributed by atoms with E-state index in [4.69, 9.17) is 36.0 Å². The van der Waals surface area contributed by atoms with E-state index in [1.807, 2.05) is 19.1 Å². The highest BCUT2D eigenvalue weighted by molar-refractivity contribution is 6.31. The van der Waals surface area contributed by atoms with Crippen LogP contribution < -0.4 is 10.5 Å². The molecular weight excluding hydrogens is 396 g/mol. The summed E-state index contributed by atoms with van der Waals surface area (Å²) in [6.07, 6.45) is 0. The summed E-state index contributed by atoms with van der Waals surface area (Å²) in [5.74, 6) is 0.239. The van der Waals surface area contributed by atoms with Crippen LogP contribution in [0.2, 0.25) is 5.02 Å². The van der Waals surface area contributed by atoms with E-state index in [9.17, 15) is 10.1 Å². The zero-order valence-corrected chi connectivity index (χ0v) is 16.9. The number of benzene rings is 1. The molecule has 3 rings (SSSR count). The maximum Gasteiger partial charge on any atom is 0.338 e. The van der Waals surface area contributed by atoms with E-state index in [2.05, 4.69) is 0 Å². The molecule has 150 valence electrons. The molecule has 1 atom stereocenters. The molecule has 0 bridgehead atoms. The SMILES string of the molecule is COC(=O)C1=C(C)OC(N)=C(C#N)[C@@H]1c1ccc(COc2ccc(Cl)c(C)c2)o1. The molecule has 1 aliphatic heterocycles. The molecule has 0 fully saturated rings. The van der Waals surface area contributed by atoms with Crippen LogP contribution in [-0.4, -0.2) is 13.1 Å². The van der Waals surface area contributed by atoms with Gasteiger partial charge in [0, 0.05) is 5.02 Å². The lowest BCUT2D eigenvalue weighted by Gasteiger charge is -2.24. The second kappa shape index (κ2) is 8.33. The number of halogens is 1. The van der Waals surface area contributed by atoms with Crippen LogP contribution in [-0.2, 0) is 20.9 Å². The van der Waals surface area contributed by atoms with Crippen molar-refractivity contribution in [3.05, 3.63) is 75.2 Å². The number of carbonyl (C=O) groups excluding carboxylic acids is 1. The molecule has 0 radical (unpaired) electrons. The van der Waals surface area contributed by atoms with Crippen molar-refractivity contribution >= 4 is 17.6 Å². The van der Waals surface area contributed by atoms with Crippen LogP contribution in [0, 0.1) is 18.3 Å². The van der Waals surface area contributed by atoms with Gasteiger partial charge in [0.05, 0.1) is 18.6 Å². The summed E-state index contributed by atoms with van der Waals surface area (Å²) in [5.41, 5.74) is 6.98. The molecular formula is C21H19ClN2O5. The number of ether oxygens (including phenoxy) is 3. The lowest BCUT2D eigenvalue weighted by atomic mass is 9.87. The Morgan fingerprint density at radius 3 is 2.72 bits per heavy atom. The molecule has 2 heterocycles. The van der Waals surface area contributed by atoms with Crippen molar-refractivity contribution in [1.82, 2.24) is 0 Å². The summed E-state index contributed by atoms with van der Waals surface area (Å²) in [4.78, 5) is 12.3. The van der Waals surface area contributed by atoms with Gasteiger partial charge in [-0.3, -0.25) is 0 Å². The Balaban J connectivity index is 1.88. The highest BCUT2D eigenvalue weighted by atomic mass is 35.5. The number of methoxy groups -OCH3 is 1. The van der Waals surface area contributed by atoms with Crippen LogP contribution in [0.4, 0.5) is 0 Å². The number of hydrogen-bond donors (Lipinski definition) is 1. The van der Waals surface area contributed by atoms with Crippen molar-refractivity contribution in [2.24, 2.45) is 5.73 Å². The normalized spacial score (nSPS) is 16.3. The first-order valence-corrected chi connectivity index (χ1v) is 9.07. The van der Waals surface area contributed by atoms with Gasteiger partial charge in [0.15, 0.2) is 0 Å². The number of carbonyl (C=O) groups is 1. The van der Waals surface area contributed by atoms with E-state index in [1.54, 1.807) is 31.2 Å². The Hall–Kier alpha value is -3.37. The van der Waals surface area contributed by atoms with Gasteiger partial charge < -0.3 is 24.4 Å². The molecule has 1 aromatic carbocycles. The third kappa shape index (κ3) is 4.08. The maximum atomic E-state index is 12.3. The molecule has 7 nitrogen and oxygen atoms in total. The van der Waals surface area contributed by atoms with Crippen molar-refractivity contribution in [2.45, 2.75) is 26.4 Å². The Kier molecular flexibility index (Phi) is 5.85. The molecule has 2 aromatic rings. The zero-order valence-electron chi connectivity index (χ0n) is 16.1. The van der Waals surface area contributed by atoms with Crippen molar-refractivity contribution in [3.63, 3.8) is 0 Å². The Bertz CT molecular complexity index is 1060. The summed E-state index contributed by atoms with van der Waals surface area (Å²) in [6, 6.07) is 10.7. The molecule has 1 aromatic heterocycles. The van der Waals surface area contributed by atoms with Crippen molar-refractivity contribution in [3.8, 4) is 11.8 Å². The van der Waals surface area contributed by atoms with Gasteiger partial charge in [-0.15, -0.1) is 0 Å². The lowest BCUT2D eigenvalue weighted by Crippen LogP contribution is -2.24. The predicted molar refractivity (Wildman–Crippen MR) is 105 cm³/mol. The summed E-state index contributed by atoms with van der Waals surface area (Å²) >= 11 is 6.02. The fourth-order valence-corrected chi connectivity index (χ4v) is 3.15. The number of furan rings is 1. The van der Waals surface area contributed by atoms with Crippen LogP contribution in [0.1, 0.15) is 29.9 Å². The van der Waals surface area contributed by atoms with Crippen LogP contribution in [0.5, 0.6) is 5.75 Å². The van der Waals surface area contributed by atoms with Crippen LogP contribution in [0.15, 0.2) is 57.5 Å². The number of esters is 1. The summed E-state index contributed by atoms with van der Waals surface area (Å²) in [5, 5.41) is 10.2. The average Bonchev–Trinajstić information content (AvgIpc) is 3.16. The minimum atomic E-state index is -0.826. The minimum Gasteiger partial charge on any atom is -0.486 e. The zero-order chi connectivity index (χ0) is 21.1. The first-order valence-electron chi connectivity index (χ1n) is 8.70. The third-order valence-electron chi connectivity index (χ3n) is 4.49. The number of aryl methyl sites for hydroxylation is 1. The molecule has 2 N–H and O–H groups in total. The van der Waals surface area contributed by atoms with Crippen LogP contribution in [0.25, 0.3) is 0 Å². The molecule has 1 aliphatic rings. The quantitative estimate of drug-likeness (QED) is 0.734. The predicted octanol–water partition coefficient (Wildman–Crippen LogP) is 4.08. The molecule has 0 spiro atoms. The monoisotopic (exact) mass is 414 g/mol. The van der Waals surface area contributed by atoms with Crippen LogP contribution >= 0.6 is 11.6 Å². The molecule has 0 aliphatic carbocycles. The van der Waals surface area contributed by atoms with Crippen molar-refractivity contribution < 1.29 is 23.4 Å². The van der Waals surface area contributed by atoms with Crippen molar-refractivity contribution in [1.29, 1.82) is 5.26 Å². The summed E-state index contributed by atoms with van der Waals surface area (Å²) in [6.45, 7) is 3.62. The first-order chi connectivity index (χ1) is 13.8. The number of rotatable bonds is 5. The number of hydrogen-bond acceptors (Lipinski definition) is 7. The Morgan fingerprint density at radius 1 is 1.31 bits per heavy atom. The summed E-state index contributed by atoms with van der Waals surface area (Å²) in [7, 11) is 1.25. The van der Waals surface area contributed by atoms with Gasteiger partial charge in [0.25, 0.3) is 0 Å². The topological polar surface area (TPSA) is 108 Å². The second-order valence-corrected chi connectivity index (χ2v) is 6.80. The van der Waals surface area contributed by atoms with E-state index in [1.165, 1.54) is 7.11 Å². The van der Waals surface area contributed by atoms with Gasteiger partial charge in [0.2, 0.25) is 5.88 Å². The molecule has 0 saturated heterocycles. The Labute approximate surface area is 172 Å². The number of nitrogens with zero attached hydrogens (tertiary/aromatic N) is 1.